The van der Waals surface area contributed by atoms with Crippen molar-refractivity contribution in [3.63, 3.8) is 0 Å². The van der Waals surface area contributed by atoms with Crippen molar-refractivity contribution in [1.29, 1.82) is 0 Å². The molecule has 0 aliphatic rings. The number of halogens is 2. The highest BCUT2D eigenvalue weighted by Crippen LogP contribution is 2.35. The Hall–Kier alpha value is -1.21. The Morgan fingerprint density at radius 3 is 2.65 bits per heavy atom. The van der Waals surface area contributed by atoms with Crippen LogP contribution < -0.4 is 0 Å². The summed E-state index contributed by atoms with van der Waals surface area (Å²) in [5.74, 6) is -0.0500. The van der Waals surface area contributed by atoms with Crippen LogP contribution in [0.2, 0.25) is 10.0 Å². The predicted molar refractivity (Wildman–Crippen MR) is 75.5 cm³/mol. The summed E-state index contributed by atoms with van der Waals surface area (Å²) < 4.78 is 30.9. The topological polar surface area (TPSA) is 70.8 Å². The van der Waals surface area contributed by atoms with E-state index in [4.69, 9.17) is 27.6 Å². The van der Waals surface area contributed by atoms with E-state index in [9.17, 15) is 13.5 Å². The summed E-state index contributed by atoms with van der Waals surface area (Å²) in [6.07, 6.45) is 1.45. The minimum atomic E-state index is -3.94. The Labute approximate surface area is 126 Å². The molecule has 108 valence electrons. The Morgan fingerprint density at radius 2 is 2.05 bits per heavy atom. The van der Waals surface area contributed by atoms with Gasteiger partial charge >= 0.3 is 0 Å². The summed E-state index contributed by atoms with van der Waals surface area (Å²) in [5.41, 5.74) is 0. The molecule has 0 spiro atoms. The van der Waals surface area contributed by atoms with Crippen LogP contribution in [0, 0.1) is 0 Å². The van der Waals surface area contributed by atoms with E-state index in [2.05, 4.69) is 0 Å². The zero-order valence-corrected chi connectivity index (χ0v) is 12.7. The fourth-order valence-electron chi connectivity index (χ4n) is 1.61. The summed E-state index contributed by atoms with van der Waals surface area (Å²) in [4.78, 5) is -0.343. The summed E-state index contributed by atoms with van der Waals surface area (Å²) >= 11 is 11.5. The molecule has 0 bridgehead atoms. The maximum Gasteiger partial charge on any atom is 0.247 e. The second-order valence-corrected chi connectivity index (χ2v) is 6.93. The van der Waals surface area contributed by atoms with E-state index in [1.807, 2.05) is 0 Å². The summed E-state index contributed by atoms with van der Waals surface area (Å²) in [5, 5.41) is 9.81. The van der Waals surface area contributed by atoms with Gasteiger partial charge in [0.15, 0.2) is 5.75 Å². The first-order valence-corrected chi connectivity index (χ1v) is 7.68. The van der Waals surface area contributed by atoms with Crippen LogP contribution in [0.4, 0.5) is 0 Å². The van der Waals surface area contributed by atoms with Crippen molar-refractivity contribution in [1.82, 2.24) is 4.31 Å². The highest BCUT2D eigenvalue weighted by Gasteiger charge is 2.26. The first kappa shape index (κ1) is 15.2. The Balaban J connectivity index is 2.40. The molecule has 0 fully saturated rings. The molecule has 5 nitrogen and oxygen atoms in total. The lowest BCUT2D eigenvalue weighted by atomic mass is 10.3. The molecule has 2 aromatic rings. The highest BCUT2D eigenvalue weighted by molar-refractivity contribution is 7.89. The van der Waals surface area contributed by atoms with Crippen LogP contribution in [0.5, 0.6) is 5.75 Å². The van der Waals surface area contributed by atoms with Gasteiger partial charge in [-0.2, -0.15) is 4.31 Å². The van der Waals surface area contributed by atoms with E-state index in [1.165, 1.54) is 19.4 Å². The van der Waals surface area contributed by atoms with Gasteiger partial charge in [-0.25, -0.2) is 8.42 Å². The van der Waals surface area contributed by atoms with Crippen molar-refractivity contribution in [2.24, 2.45) is 0 Å². The molecule has 0 radical (unpaired) electrons. The fraction of sp³-hybridized carbons (Fsp3) is 0.167. The van der Waals surface area contributed by atoms with Gasteiger partial charge in [0.2, 0.25) is 10.0 Å². The third-order valence-electron chi connectivity index (χ3n) is 2.64. The first-order chi connectivity index (χ1) is 9.32. The highest BCUT2D eigenvalue weighted by atomic mass is 35.5. The zero-order valence-electron chi connectivity index (χ0n) is 10.4. The molecule has 0 unspecified atom stereocenters. The predicted octanol–water partition coefficient (Wildman–Crippen LogP) is 3.11. The van der Waals surface area contributed by atoms with Crippen molar-refractivity contribution in [2.75, 3.05) is 7.05 Å². The average molecular weight is 336 g/mol. The van der Waals surface area contributed by atoms with E-state index >= 15 is 0 Å². The van der Waals surface area contributed by atoms with Crippen LogP contribution in [0.15, 0.2) is 39.8 Å². The summed E-state index contributed by atoms with van der Waals surface area (Å²) in [7, 11) is -2.57. The number of benzene rings is 1. The van der Waals surface area contributed by atoms with Crippen LogP contribution in [-0.4, -0.2) is 24.9 Å². The third kappa shape index (κ3) is 2.93. The number of furan rings is 1. The number of nitrogens with zero attached hydrogens (tertiary/aromatic N) is 1. The quantitative estimate of drug-likeness (QED) is 0.931. The van der Waals surface area contributed by atoms with Gasteiger partial charge in [0.05, 0.1) is 17.8 Å². The van der Waals surface area contributed by atoms with Gasteiger partial charge in [-0.05, 0) is 24.3 Å². The fourth-order valence-corrected chi connectivity index (χ4v) is 3.49. The normalized spacial score (nSPS) is 12.0. The number of rotatable bonds is 4. The minimum absolute atomic E-state index is 0.0267. The van der Waals surface area contributed by atoms with Crippen molar-refractivity contribution in [3.8, 4) is 5.75 Å². The van der Waals surface area contributed by atoms with Gasteiger partial charge in [0.1, 0.15) is 10.7 Å². The van der Waals surface area contributed by atoms with Crippen LogP contribution in [-0.2, 0) is 16.6 Å². The van der Waals surface area contributed by atoms with Gasteiger partial charge in [-0.1, -0.05) is 23.2 Å². The van der Waals surface area contributed by atoms with E-state index < -0.39 is 15.8 Å². The SMILES string of the molecule is CN(Cc1ccco1)S(=O)(=O)c1cc(Cl)cc(Cl)c1O. The molecule has 1 aromatic carbocycles. The molecule has 20 heavy (non-hydrogen) atoms. The third-order valence-corrected chi connectivity index (χ3v) is 4.96. The van der Waals surface area contributed by atoms with Crippen LogP contribution >= 0.6 is 23.2 Å². The molecular formula is C12H11Cl2NO4S. The summed E-state index contributed by atoms with van der Waals surface area (Å²) in [6.45, 7) is 0.0267. The molecule has 2 rings (SSSR count). The summed E-state index contributed by atoms with van der Waals surface area (Å²) in [6, 6.07) is 5.72. The monoisotopic (exact) mass is 335 g/mol. The lowest BCUT2D eigenvalue weighted by Crippen LogP contribution is -2.26. The maximum atomic E-state index is 12.4. The van der Waals surface area contributed by atoms with Gasteiger partial charge in [0, 0.05) is 12.1 Å². The van der Waals surface area contributed by atoms with Gasteiger partial charge < -0.3 is 9.52 Å². The lowest BCUT2D eigenvalue weighted by molar-refractivity contribution is 0.401. The van der Waals surface area contributed by atoms with E-state index in [-0.39, 0.29) is 21.5 Å². The van der Waals surface area contributed by atoms with Crippen molar-refractivity contribution in [3.05, 3.63) is 46.3 Å². The molecule has 8 heteroatoms. The number of phenolic OH excluding ortho intramolecular Hbond substituents is 1. The molecule has 0 atom stereocenters. The molecule has 0 amide bonds. The van der Waals surface area contributed by atoms with Gasteiger partial charge in [0.25, 0.3) is 0 Å². The van der Waals surface area contributed by atoms with Crippen LogP contribution in [0.25, 0.3) is 0 Å². The molecule has 0 aliphatic heterocycles. The van der Waals surface area contributed by atoms with Gasteiger partial charge in [-0.3, -0.25) is 0 Å². The number of hydrogen-bond donors (Lipinski definition) is 1. The minimum Gasteiger partial charge on any atom is -0.505 e. The van der Waals surface area contributed by atoms with Crippen molar-refractivity contribution in [2.45, 2.75) is 11.4 Å². The largest absolute Gasteiger partial charge is 0.505 e. The second kappa shape index (κ2) is 5.65. The van der Waals surface area contributed by atoms with Crippen molar-refractivity contribution < 1.29 is 17.9 Å². The van der Waals surface area contributed by atoms with E-state index in [0.717, 1.165) is 10.4 Å². The van der Waals surface area contributed by atoms with Crippen LogP contribution in [0.1, 0.15) is 5.76 Å². The molecule has 0 saturated heterocycles. The zero-order chi connectivity index (χ0) is 14.9. The second-order valence-electron chi connectivity index (χ2n) is 4.07. The van der Waals surface area contributed by atoms with Gasteiger partial charge in [-0.15, -0.1) is 0 Å². The molecule has 1 heterocycles. The first-order valence-electron chi connectivity index (χ1n) is 5.49. The molecule has 0 saturated carbocycles. The number of phenols is 1. The standard InChI is InChI=1S/C12H11Cl2NO4S/c1-15(7-9-3-2-4-19-9)20(17,18)11-6-8(13)5-10(14)12(11)16/h2-6,16H,7H2,1H3. The Bertz CT molecular complexity index is 713. The Morgan fingerprint density at radius 1 is 1.35 bits per heavy atom. The maximum absolute atomic E-state index is 12.4. The number of sulfonamides is 1. The molecule has 0 aliphatic carbocycles. The average Bonchev–Trinajstić information content (AvgIpc) is 2.86. The molecule has 1 N–H and O–H groups in total. The van der Waals surface area contributed by atoms with Crippen LogP contribution in [0.3, 0.4) is 0 Å². The smallest absolute Gasteiger partial charge is 0.247 e. The lowest BCUT2D eigenvalue weighted by Gasteiger charge is -2.17. The molecule has 1 aromatic heterocycles. The number of aromatic hydroxyl groups is 1. The Kier molecular flexibility index (Phi) is 4.29. The number of hydrogen-bond acceptors (Lipinski definition) is 4. The van der Waals surface area contributed by atoms with E-state index in [1.54, 1.807) is 12.1 Å². The van der Waals surface area contributed by atoms with E-state index in [0.29, 0.717) is 5.76 Å². The molecular weight excluding hydrogens is 325 g/mol. The van der Waals surface area contributed by atoms with Crippen molar-refractivity contribution >= 4 is 33.2 Å².